The van der Waals surface area contributed by atoms with E-state index in [1.54, 1.807) is 6.92 Å². The first kappa shape index (κ1) is 18.1. The quantitative estimate of drug-likeness (QED) is 0.786. The molecular formula is C20H24N4O2. The van der Waals surface area contributed by atoms with Gasteiger partial charge in [0.15, 0.2) is 11.7 Å². The second-order valence-corrected chi connectivity index (χ2v) is 7.09. The van der Waals surface area contributed by atoms with E-state index in [9.17, 15) is 10.1 Å². The fraction of sp³-hybridized carbons (Fsp3) is 0.500. The molecule has 0 N–H and O–H groups in total. The molecule has 0 aliphatic carbocycles. The van der Waals surface area contributed by atoms with Crippen LogP contribution in [0.25, 0.3) is 11.0 Å². The summed E-state index contributed by atoms with van der Waals surface area (Å²) < 4.78 is 5.10. The summed E-state index contributed by atoms with van der Waals surface area (Å²) in [6.07, 6.45) is 1.16. The molecule has 3 atom stereocenters. The molecule has 1 aliphatic rings. The average molecular weight is 352 g/mol. The zero-order chi connectivity index (χ0) is 18.7. The van der Waals surface area contributed by atoms with E-state index >= 15 is 0 Å². The lowest BCUT2D eigenvalue weighted by Crippen LogP contribution is -2.40. The number of esters is 1. The van der Waals surface area contributed by atoms with E-state index in [2.05, 4.69) is 29.8 Å². The number of nitriles is 1. The monoisotopic (exact) mass is 352 g/mol. The van der Waals surface area contributed by atoms with Crippen molar-refractivity contribution in [2.24, 2.45) is 11.8 Å². The summed E-state index contributed by atoms with van der Waals surface area (Å²) in [7, 11) is 0. The standard InChI is InChI=1S/C20H24N4O2/c1-4-26-20(25)15(10-21)18-19(24-11-13(2)9-14(3)12-24)23-17-8-6-5-7-16(17)22-18/h5-8,13-15H,4,9,11-12H2,1-3H3. The normalized spacial score (nSPS) is 21.2. The maximum absolute atomic E-state index is 12.3. The third-order valence-electron chi connectivity index (χ3n) is 4.67. The minimum Gasteiger partial charge on any atom is -0.465 e. The number of anilines is 1. The number of fused-ring (bicyclic) bond motifs is 1. The molecule has 26 heavy (non-hydrogen) atoms. The number of ether oxygens (including phenoxy) is 1. The molecular weight excluding hydrogens is 328 g/mol. The first-order valence-electron chi connectivity index (χ1n) is 9.11. The van der Waals surface area contributed by atoms with Gasteiger partial charge in [0.1, 0.15) is 5.69 Å². The van der Waals surface area contributed by atoms with Crippen LogP contribution in [0.1, 0.15) is 38.8 Å². The number of aromatic nitrogens is 2. The number of hydrogen-bond donors (Lipinski definition) is 0. The molecule has 0 radical (unpaired) electrons. The molecule has 1 aromatic carbocycles. The third kappa shape index (κ3) is 3.62. The van der Waals surface area contributed by atoms with Gasteiger partial charge in [0, 0.05) is 13.1 Å². The topological polar surface area (TPSA) is 79.1 Å². The fourth-order valence-corrected chi connectivity index (χ4v) is 3.72. The number of benzene rings is 1. The van der Waals surface area contributed by atoms with Gasteiger partial charge in [0.2, 0.25) is 0 Å². The Morgan fingerprint density at radius 3 is 2.46 bits per heavy atom. The number of carbonyl (C=O) groups is 1. The van der Waals surface area contributed by atoms with E-state index in [1.807, 2.05) is 24.3 Å². The summed E-state index contributed by atoms with van der Waals surface area (Å²) in [6, 6.07) is 9.59. The van der Waals surface area contributed by atoms with Crippen LogP contribution in [0.5, 0.6) is 0 Å². The molecule has 1 aromatic heterocycles. The van der Waals surface area contributed by atoms with Crippen LogP contribution >= 0.6 is 0 Å². The molecule has 0 bridgehead atoms. The molecule has 3 rings (SSSR count). The molecule has 6 heteroatoms. The molecule has 3 unspecified atom stereocenters. The molecule has 1 fully saturated rings. The second-order valence-electron chi connectivity index (χ2n) is 7.09. The zero-order valence-electron chi connectivity index (χ0n) is 15.5. The molecule has 1 saturated heterocycles. The van der Waals surface area contributed by atoms with Crippen molar-refractivity contribution in [2.45, 2.75) is 33.1 Å². The minimum atomic E-state index is -1.07. The highest BCUT2D eigenvalue weighted by atomic mass is 16.5. The number of piperidine rings is 1. The number of nitrogens with zero attached hydrogens (tertiary/aromatic N) is 4. The number of hydrogen-bond acceptors (Lipinski definition) is 6. The van der Waals surface area contributed by atoms with Gasteiger partial charge in [0.05, 0.1) is 23.7 Å². The van der Waals surface area contributed by atoms with Crippen LogP contribution in [0.15, 0.2) is 24.3 Å². The predicted molar refractivity (Wildman–Crippen MR) is 99.7 cm³/mol. The average Bonchev–Trinajstić information content (AvgIpc) is 2.61. The van der Waals surface area contributed by atoms with Gasteiger partial charge in [-0.2, -0.15) is 5.26 Å². The summed E-state index contributed by atoms with van der Waals surface area (Å²) in [4.78, 5) is 23.9. The van der Waals surface area contributed by atoms with E-state index in [1.165, 1.54) is 0 Å². The van der Waals surface area contributed by atoms with Gasteiger partial charge < -0.3 is 9.64 Å². The Kier molecular flexibility index (Phi) is 5.36. The molecule has 136 valence electrons. The van der Waals surface area contributed by atoms with Gasteiger partial charge in [-0.25, -0.2) is 9.97 Å². The molecule has 2 aromatic rings. The Balaban J connectivity index is 2.13. The van der Waals surface area contributed by atoms with Crippen LogP contribution in [0.3, 0.4) is 0 Å². The van der Waals surface area contributed by atoms with Crippen molar-refractivity contribution in [2.75, 3.05) is 24.6 Å². The highest BCUT2D eigenvalue weighted by molar-refractivity contribution is 5.85. The van der Waals surface area contributed by atoms with Gasteiger partial charge in [0.25, 0.3) is 0 Å². The molecule has 0 saturated carbocycles. The van der Waals surface area contributed by atoms with E-state index in [0.29, 0.717) is 28.9 Å². The first-order chi connectivity index (χ1) is 12.5. The molecule has 2 heterocycles. The molecule has 0 spiro atoms. The van der Waals surface area contributed by atoms with Gasteiger partial charge in [-0.1, -0.05) is 26.0 Å². The smallest absolute Gasteiger partial charge is 0.329 e. The van der Waals surface area contributed by atoms with Crippen LogP contribution in [-0.4, -0.2) is 35.6 Å². The van der Waals surface area contributed by atoms with E-state index in [0.717, 1.165) is 25.0 Å². The van der Waals surface area contributed by atoms with Crippen molar-refractivity contribution in [1.82, 2.24) is 9.97 Å². The lowest BCUT2D eigenvalue weighted by molar-refractivity contribution is -0.143. The van der Waals surface area contributed by atoms with Gasteiger partial charge in [-0.3, -0.25) is 4.79 Å². The zero-order valence-corrected chi connectivity index (χ0v) is 15.5. The fourth-order valence-electron chi connectivity index (χ4n) is 3.72. The van der Waals surface area contributed by atoms with Crippen molar-refractivity contribution < 1.29 is 9.53 Å². The summed E-state index contributed by atoms with van der Waals surface area (Å²) in [5, 5.41) is 9.64. The minimum absolute atomic E-state index is 0.227. The van der Waals surface area contributed by atoms with Gasteiger partial charge in [-0.15, -0.1) is 0 Å². The van der Waals surface area contributed by atoms with Crippen molar-refractivity contribution in [3.63, 3.8) is 0 Å². The van der Waals surface area contributed by atoms with Crippen LogP contribution in [-0.2, 0) is 9.53 Å². The van der Waals surface area contributed by atoms with E-state index < -0.39 is 11.9 Å². The van der Waals surface area contributed by atoms with Crippen molar-refractivity contribution in [3.8, 4) is 6.07 Å². The number of para-hydroxylation sites is 2. The van der Waals surface area contributed by atoms with E-state index in [-0.39, 0.29) is 6.61 Å². The number of carbonyl (C=O) groups excluding carboxylic acids is 1. The van der Waals surface area contributed by atoms with Crippen LogP contribution < -0.4 is 4.90 Å². The molecule has 1 aliphatic heterocycles. The Labute approximate surface area is 153 Å². The van der Waals surface area contributed by atoms with Crippen molar-refractivity contribution >= 4 is 22.8 Å². The van der Waals surface area contributed by atoms with Crippen molar-refractivity contribution in [1.29, 1.82) is 5.26 Å². The Bertz CT molecular complexity index is 835. The summed E-state index contributed by atoms with van der Waals surface area (Å²) in [5.41, 5.74) is 1.83. The molecule has 0 amide bonds. The number of rotatable bonds is 4. The summed E-state index contributed by atoms with van der Waals surface area (Å²) in [6.45, 7) is 8.06. The van der Waals surface area contributed by atoms with Crippen LogP contribution in [0, 0.1) is 23.2 Å². The summed E-state index contributed by atoms with van der Waals surface area (Å²) >= 11 is 0. The maximum atomic E-state index is 12.3. The Morgan fingerprint density at radius 2 is 1.88 bits per heavy atom. The Hall–Kier alpha value is -2.68. The highest BCUT2D eigenvalue weighted by Gasteiger charge is 2.32. The lowest BCUT2D eigenvalue weighted by atomic mass is 9.91. The van der Waals surface area contributed by atoms with Crippen LogP contribution in [0.2, 0.25) is 0 Å². The largest absolute Gasteiger partial charge is 0.465 e. The predicted octanol–water partition coefficient (Wildman–Crippen LogP) is 3.28. The van der Waals surface area contributed by atoms with Gasteiger partial charge >= 0.3 is 5.97 Å². The maximum Gasteiger partial charge on any atom is 0.329 e. The van der Waals surface area contributed by atoms with E-state index in [4.69, 9.17) is 9.72 Å². The SMILES string of the molecule is CCOC(=O)C(C#N)c1nc2ccccc2nc1N1CC(C)CC(C)C1. The molecule has 6 nitrogen and oxygen atoms in total. The van der Waals surface area contributed by atoms with Crippen LogP contribution in [0.4, 0.5) is 5.82 Å². The lowest BCUT2D eigenvalue weighted by Gasteiger charge is -2.36. The van der Waals surface area contributed by atoms with Gasteiger partial charge in [-0.05, 0) is 37.3 Å². The summed E-state index contributed by atoms with van der Waals surface area (Å²) in [5.74, 6) is 0.0150. The Morgan fingerprint density at radius 1 is 1.27 bits per heavy atom. The highest BCUT2D eigenvalue weighted by Crippen LogP contribution is 2.32. The second kappa shape index (κ2) is 7.69. The first-order valence-corrected chi connectivity index (χ1v) is 9.11. The van der Waals surface area contributed by atoms with Crippen molar-refractivity contribution in [3.05, 3.63) is 30.0 Å². The third-order valence-corrected chi connectivity index (χ3v) is 4.67.